The Labute approximate surface area is 174 Å². The van der Waals surface area contributed by atoms with Crippen LogP contribution in [0.25, 0.3) is 0 Å². The quantitative estimate of drug-likeness (QED) is 0.284. The minimum Gasteiger partial charge on any atom is -0.508 e. The number of phenolic OH excluding ortho intramolecular Hbond substituents is 1. The van der Waals surface area contributed by atoms with Crippen molar-refractivity contribution >= 4 is 12.3 Å². The van der Waals surface area contributed by atoms with Gasteiger partial charge in [-0.1, -0.05) is 23.8 Å². The molecule has 158 valence electrons. The molecule has 8 nitrogen and oxygen atoms in total. The highest BCUT2D eigenvalue weighted by Gasteiger charge is 2.05. The van der Waals surface area contributed by atoms with Gasteiger partial charge in [-0.05, 0) is 49.7 Å². The fourth-order valence-electron chi connectivity index (χ4n) is 2.37. The predicted octanol–water partition coefficient (Wildman–Crippen LogP) is 3.00. The molecule has 0 aliphatic heterocycles. The summed E-state index contributed by atoms with van der Waals surface area (Å²) in [5.41, 5.74) is 3.36. The molecule has 0 saturated heterocycles. The highest BCUT2D eigenvalue weighted by molar-refractivity contribution is 5.87. The van der Waals surface area contributed by atoms with Crippen LogP contribution in [0.2, 0.25) is 0 Å². The van der Waals surface area contributed by atoms with Gasteiger partial charge < -0.3 is 14.9 Å². The lowest BCUT2D eigenvalue weighted by Crippen LogP contribution is -2.02. The number of benzene rings is 2. The van der Waals surface area contributed by atoms with Gasteiger partial charge in [0.05, 0.1) is 11.1 Å². The molecule has 0 atom stereocenters. The molecule has 0 aliphatic rings. The van der Waals surface area contributed by atoms with Gasteiger partial charge in [0.1, 0.15) is 18.1 Å². The molecule has 8 heteroatoms. The number of pyridine rings is 1. The lowest BCUT2D eigenvalue weighted by molar-refractivity contribution is 0.0696. The van der Waals surface area contributed by atoms with Crippen LogP contribution >= 0.6 is 0 Å². The minimum atomic E-state index is -0.934. The van der Waals surface area contributed by atoms with E-state index in [1.807, 2.05) is 19.1 Å². The monoisotopic (exact) mass is 411 g/mol. The van der Waals surface area contributed by atoms with Crippen molar-refractivity contribution < 1.29 is 24.5 Å². The number of para-hydroxylation sites is 1. The van der Waals surface area contributed by atoms with Crippen LogP contribution in [0.3, 0.4) is 0 Å². The van der Waals surface area contributed by atoms with Crippen LogP contribution in [-0.2, 0) is 6.61 Å². The maximum Gasteiger partial charge on any atom is 0.337 e. The van der Waals surface area contributed by atoms with Crippen molar-refractivity contribution in [2.24, 2.45) is 11.7 Å². The zero-order valence-corrected chi connectivity index (χ0v) is 16.8. The third-order valence-electron chi connectivity index (χ3n) is 3.79. The van der Waals surface area contributed by atoms with Crippen LogP contribution < -0.4 is 16.4 Å². The summed E-state index contributed by atoms with van der Waals surface area (Å²) in [5, 5.41) is 18.2. The van der Waals surface area contributed by atoms with Gasteiger partial charge >= 0.3 is 5.97 Å². The number of carboxylic acids is 1. The minimum absolute atomic E-state index is 0.198. The first-order valence-electron chi connectivity index (χ1n) is 8.84. The fraction of sp³-hybridized carbons (Fsp3) is 0.136. The van der Waals surface area contributed by atoms with E-state index in [4.69, 9.17) is 9.84 Å². The second-order valence-corrected chi connectivity index (χ2v) is 6.13. The number of rotatable bonds is 5. The number of aromatic carboxylic acids is 1. The van der Waals surface area contributed by atoms with E-state index in [1.165, 1.54) is 6.20 Å². The van der Waals surface area contributed by atoms with Crippen LogP contribution in [0.1, 0.15) is 37.4 Å². The van der Waals surface area contributed by atoms with Crippen molar-refractivity contribution in [3.8, 4) is 11.5 Å². The van der Waals surface area contributed by atoms with Gasteiger partial charge in [-0.25, -0.2) is 4.79 Å². The maximum atomic E-state index is 10.8. The summed E-state index contributed by atoms with van der Waals surface area (Å²) < 4.78 is 5.56. The Morgan fingerprint density at radius 2 is 1.77 bits per heavy atom. The van der Waals surface area contributed by atoms with E-state index in [1.54, 1.807) is 49.5 Å². The second kappa shape index (κ2) is 12.7. The molecule has 0 aliphatic carbocycles. The molecule has 30 heavy (non-hydrogen) atoms. The molecular weight excluding hydrogens is 386 g/mol. The third-order valence-corrected chi connectivity index (χ3v) is 3.79. The maximum absolute atomic E-state index is 10.8. The second-order valence-electron chi connectivity index (χ2n) is 6.13. The molecule has 2 aromatic carbocycles. The van der Waals surface area contributed by atoms with Gasteiger partial charge in [0.15, 0.2) is 6.29 Å². The molecule has 0 bridgehead atoms. The lowest BCUT2D eigenvalue weighted by Gasteiger charge is -2.10. The summed E-state index contributed by atoms with van der Waals surface area (Å²) in [7, 11) is 0. The standard InChI is InChI=1S/C15H14O3.C7H7NO2.H4N2/c1-11-6-7-14(17)13(8-11)10-18-15-5-3-2-4-12(15)9-16;1-5-2-6(7(9)10)4-8-3-5;1-2/h2-9,17H,10H2,1H3;2-4H,1H3,(H,9,10);1-2H2. The van der Waals surface area contributed by atoms with E-state index in [2.05, 4.69) is 16.7 Å². The Hall–Kier alpha value is -3.75. The molecular formula is C22H25N3O5. The van der Waals surface area contributed by atoms with E-state index < -0.39 is 5.97 Å². The summed E-state index contributed by atoms with van der Waals surface area (Å²) in [6, 6.07) is 13.9. The number of hydrogen-bond acceptors (Lipinski definition) is 7. The molecule has 6 N–H and O–H groups in total. The first kappa shape index (κ1) is 24.3. The van der Waals surface area contributed by atoms with Crippen LogP contribution in [0.15, 0.2) is 60.9 Å². The van der Waals surface area contributed by atoms with Crippen molar-refractivity contribution in [3.05, 3.63) is 88.7 Å². The first-order chi connectivity index (χ1) is 14.4. The average molecular weight is 411 g/mol. The van der Waals surface area contributed by atoms with Crippen molar-refractivity contribution in [3.63, 3.8) is 0 Å². The van der Waals surface area contributed by atoms with Crippen LogP contribution in [0.4, 0.5) is 0 Å². The van der Waals surface area contributed by atoms with E-state index in [0.717, 1.165) is 17.4 Å². The Bertz CT molecular complexity index is 976. The summed E-state index contributed by atoms with van der Waals surface area (Å²) in [5.74, 6) is 7.79. The summed E-state index contributed by atoms with van der Waals surface area (Å²) in [4.78, 5) is 24.9. The number of nitrogens with two attached hydrogens (primary N) is 2. The number of hydrazine groups is 1. The SMILES string of the molecule is Cc1ccc(O)c(COc2ccccc2C=O)c1.Cc1cncc(C(=O)O)c1.NN. The highest BCUT2D eigenvalue weighted by Crippen LogP contribution is 2.22. The molecule has 0 spiro atoms. The summed E-state index contributed by atoms with van der Waals surface area (Å²) >= 11 is 0. The Balaban J connectivity index is 0.000000318. The lowest BCUT2D eigenvalue weighted by atomic mass is 10.1. The number of carbonyl (C=O) groups excluding carboxylic acids is 1. The normalized spacial score (nSPS) is 9.33. The molecule has 0 saturated carbocycles. The fourth-order valence-corrected chi connectivity index (χ4v) is 2.37. The average Bonchev–Trinajstić information content (AvgIpc) is 2.76. The number of carboxylic acid groups (broad SMARTS) is 1. The number of carbonyl (C=O) groups is 2. The smallest absolute Gasteiger partial charge is 0.337 e. The number of nitrogens with zero attached hydrogens (tertiary/aromatic N) is 1. The van der Waals surface area contributed by atoms with Crippen LogP contribution in [0, 0.1) is 13.8 Å². The molecule has 0 unspecified atom stereocenters. The number of aryl methyl sites for hydroxylation is 2. The number of aromatic hydroxyl groups is 1. The Morgan fingerprint density at radius 3 is 2.37 bits per heavy atom. The Morgan fingerprint density at radius 1 is 1.07 bits per heavy atom. The molecule has 0 fully saturated rings. The first-order valence-corrected chi connectivity index (χ1v) is 8.84. The number of aldehydes is 1. The highest BCUT2D eigenvalue weighted by atomic mass is 16.5. The largest absolute Gasteiger partial charge is 0.508 e. The predicted molar refractivity (Wildman–Crippen MR) is 113 cm³/mol. The van der Waals surface area contributed by atoms with Gasteiger partial charge in [0, 0.05) is 18.0 Å². The number of ether oxygens (including phenoxy) is 1. The summed E-state index contributed by atoms with van der Waals surface area (Å²) in [6.45, 7) is 3.99. The zero-order chi connectivity index (χ0) is 22.5. The molecule has 1 aromatic heterocycles. The van der Waals surface area contributed by atoms with Crippen molar-refractivity contribution in [2.45, 2.75) is 20.5 Å². The molecule has 3 aromatic rings. The van der Waals surface area contributed by atoms with Crippen molar-refractivity contribution in [1.82, 2.24) is 4.98 Å². The van der Waals surface area contributed by atoms with Gasteiger partial charge in [-0.15, -0.1) is 0 Å². The van der Waals surface area contributed by atoms with Gasteiger partial charge in [-0.2, -0.15) is 0 Å². The van der Waals surface area contributed by atoms with E-state index >= 15 is 0 Å². The Kier molecular flexibility index (Phi) is 10.2. The van der Waals surface area contributed by atoms with E-state index in [9.17, 15) is 14.7 Å². The van der Waals surface area contributed by atoms with Gasteiger partial charge in [0.25, 0.3) is 0 Å². The summed E-state index contributed by atoms with van der Waals surface area (Å²) in [6.07, 6.45) is 3.70. The molecule has 3 rings (SSSR count). The molecule has 1 heterocycles. The van der Waals surface area contributed by atoms with Crippen molar-refractivity contribution in [1.29, 1.82) is 0 Å². The number of hydrogen-bond donors (Lipinski definition) is 4. The van der Waals surface area contributed by atoms with E-state index in [-0.39, 0.29) is 17.9 Å². The topological polar surface area (TPSA) is 149 Å². The van der Waals surface area contributed by atoms with Gasteiger partial charge in [0.2, 0.25) is 0 Å². The zero-order valence-electron chi connectivity index (χ0n) is 16.8. The number of aromatic nitrogens is 1. The van der Waals surface area contributed by atoms with Crippen LogP contribution in [0.5, 0.6) is 11.5 Å². The van der Waals surface area contributed by atoms with Gasteiger partial charge in [-0.3, -0.25) is 21.5 Å². The molecule has 0 radical (unpaired) electrons. The van der Waals surface area contributed by atoms with Crippen LogP contribution in [-0.4, -0.2) is 27.5 Å². The molecule has 0 amide bonds. The van der Waals surface area contributed by atoms with E-state index in [0.29, 0.717) is 16.9 Å². The third kappa shape index (κ3) is 7.70. The number of phenols is 1. The van der Waals surface area contributed by atoms with Crippen molar-refractivity contribution in [2.75, 3.05) is 0 Å².